The molecule has 2 fully saturated rings. The first-order chi connectivity index (χ1) is 12.7. The number of fused-ring (bicyclic) bond motifs is 1. The normalized spacial score (nSPS) is 23.5. The highest BCUT2D eigenvalue weighted by Crippen LogP contribution is 2.30. The average molecular weight is 375 g/mol. The summed E-state index contributed by atoms with van der Waals surface area (Å²) in [5.41, 5.74) is 1.15. The molecule has 0 radical (unpaired) electrons. The number of hydrogen-bond donors (Lipinski definition) is 0. The molecular weight excluding hydrogens is 349 g/mol. The second-order valence-electron chi connectivity index (χ2n) is 8.20. The standard InChI is InChI=1S/C20H26FN3O3/c1-13-7-17(21)14(9-22)8-16(13)18-11-23-5-6-24(10-15(23)12-26-18)19(25)27-20(2,3)4/h7-8,15,18H,5-6,10-12H2,1-4H3/t15-,18+/m0/s1. The van der Waals surface area contributed by atoms with Crippen molar-refractivity contribution in [2.24, 2.45) is 0 Å². The van der Waals surface area contributed by atoms with Gasteiger partial charge in [0.2, 0.25) is 0 Å². The Kier molecular flexibility index (Phi) is 5.41. The van der Waals surface area contributed by atoms with Gasteiger partial charge in [0.1, 0.15) is 17.5 Å². The van der Waals surface area contributed by atoms with Crippen molar-refractivity contribution in [3.8, 4) is 6.07 Å². The number of aryl methyl sites for hydroxylation is 1. The zero-order valence-electron chi connectivity index (χ0n) is 16.3. The lowest BCUT2D eigenvalue weighted by Crippen LogP contribution is -2.60. The van der Waals surface area contributed by atoms with Crippen LogP contribution in [0.3, 0.4) is 0 Å². The monoisotopic (exact) mass is 375 g/mol. The third kappa shape index (κ3) is 4.40. The minimum Gasteiger partial charge on any atom is -0.444 e. The van der Waals surface area contributed by atoms with Crippen LogP contribution in [0, 0.1) is 24.1 Å². The molecule has 0 spiro atoms. The molecule has 7 heteroatoms. The van der Waals surface area contributed by atoms with Crippen molar-refractivity contribution in [1.29, 1.82) is 5.26 Å². The second-order valence-corrected chi connectivity index (χ2v) is 8.20. The van der Waals surface area contributed by atoms with Gasteiger partial charge in [-0.2, -0.15) is 5.26 Å². The lowest BCUT2D eigenvalue weighted by Gasteiger charge is -2.46. The highest BCUT2D eigenvalue weighted by Gasteiger charge is 2.37. The molecular formula is C20H26FN3O3. The minimum atomic E-state index is -0.513. The Hall–Kier alpha value is -2.17. The van der Waals surface area contributed by atoms with E-state index >= 15 is 0 Å². The van der Waals surface area contributed by atoms with E-state index in [1.807, 2.05) is 33.8 Å². The lowest BCUT2D eigenvalue weighted by atomic mass is 9.97. The highest BCUT2D eigenvalue weighted by atomic mass is 19.1. The van der Waals surface area contributed by atoms with Gasteiger partial charge in [-0.1, -0.05) is 0 Å². The molecule has 1 aromatic rings. The van der Waals surface area contributed by atoms with Gasteiger partial charge < -0.3 is 14.4 Å². The SMILES string of the molecule is Cc1cc(F)c(C#N)cc1[C@H]1CN2CCN(C(=O)OC(C)(C)C)C[C@H]2CO1. The number of amides is 1. The van der Waals surface area contributed by atoms with Crippen molar-refractivity contribution in [2.75, 3.05) is 32.8 Å². The Bertz CT molecular complexity index is 769. The maximum Gasteiger partial charge on any atom is 0.410 e. The Balaban J connectivity index is 1.66. The van der Waals surface area contributed by atoms with E-state index < -0.39 is 11.4 Å². The number of morpholine rings is 1. The zero-order chi connectivity index (χ0) is 19.8. The van der Waals surface area contributed by atoms with Crippen molar-refractivity contribution in [3.63, 3.8) is 0 Å². The Labute approximate surface area is 159 Å². The molecule has 2 aliphatic heterocycles. The average Bonchev–Trinajstić information content (AvgIpc) is 2.59. The van der Waals surface area contributed by atoms with Crippen LogP contribution < -0.4 is 0 Å². The summed E-state index contributed by atoms with van der Waals surface area (Å²) in [5, 5.41) is 9.09. The summed E-state index contributed by atoms with van der Waals surface area (Å²) in [6.45, 7) is 10.4. The van der Waals surface area contributed by atoms with Crippen LogP contribution >= 0.6 is 0 Å². The number of carbonyl (C=O) groups is 1. The van der Waals surface area contributed by atoms with Gasteiger partial charge >= 0.3 is 6.09 Å². The van der Waals surface area contributed by atoms with Crippen molar-refractivity contribution in [1.82, 2.24) is 9.80 Å². The topological polar surface area (TPSA) is 65.8 Å². The van der Waals surface area contributed by atoms with Gasteiger partial charge in [-0.25, -0.2) is 9.18 Å². The third-order valence-electron chi connectivity index (χ3n) is 4.97. The van der Waals surface area contributed by atoms with E-state index in [-0.39, 0.29) is 23.8 Å². The largest absolute Gasteiger partial charge is 0.444 e. The molecule has 27 heavy (non-hydrogen) atoms. The summed E-state index contributed by atoms with van der Waals surface area (Å²) in [6, 6.07) is 4.99. The molecule has 2 atom stereocenters. The Morgan fingerprint density at radius 2 is 2.07 bits per heavy atom. The fourth-order valence-corrected chi connectivity index (χ4v) is 3.59. The maximum atomic E-state index is 13.8. The predicted octanol–water partition coefficient (Wildman–Crippen LogP) is 3.00. The van der Waals surface area contributed by atoms with E-state index in [0.29, 0.717) is 26.2 Å². The fourth-order valence-electron chi connectivity index (χ4n) is 3.59. The molecule has 2 aliphatic rings. The molecule has 1 amide bonds. The molecule has 146 valence electrons. The fraction of sp³-hybridized carbons (Fsp3) is 0.600. The quantitative estimate of drug-likeness (QED) is 0.755. The van der Waals surface area contributed by atoms with E-state index in [1.54, 1.807) is 11.0 Å². The lowest BCUT2D eigenvalue weighted by molar-refractivity contribution is -0.0908. The number of piperazine rings is 1. The number of nitriles is 1. The third-order valence-corrected chi connectivity index (χ3v) is 4.97. The van der Waals surface area contributed by atoms with E-state index in [0.717, 1.165) is 17.7 Å². The van der Waals surface area contributed by atoms with E-state index in [9.17, 15) is 9.18 Å². The van der Waals surface area contributed by atoms with Gasteiger partial charge in [-0.15, -0.1) is 0 Å². The molecule has 2 heterocycles. The summed E-state index contributed by atoms with van der Waals surface area (Å²) >= 11 is 0. The first kappa shape index (κ1) is 19.6. The van der Waals surface area contributed by atoms with Crippen molar-refractivity contribution >= 4 is 6.09 Å². The van der Waals surface area contributed by atoms with Gasteiger partial charge in [-0.3, -0.25) is 4.90 Å². The van der Waals surface area contributed by atoms with Crippen LogP contribution in [-0.2, 0) is 9.47 Å². The summed E-state index contributed by atoms with van der Waals surface area (Å²) in [4.78, 5) is 16.3. The predicted molar refractivity (Wildman–Crippen MR) is 97.7 cm³/mol. The molecule has 0 unspecified atom stereocenters. The van der Waals surface area contributed by atoms with Crippen molar-refractivity contribution in [2.45, 2.75) is 45.4 Å². The van der Waals surface area contributed by atoms with E-state index in [1.165, 1.54) is 6.07 Å². The molecule has 0 N–H and O–H groups in total. The summed E-state index contributed by atoms with van der Waals surface area (Å²) in [6.07, 6.45) is -0.501. The summed E-state index contributed by atoms with van der Waals surface area (Å²) in [5.74, 6) is -0.501. The van der Waals surface area contributed by atoms with Gasteiger partial charge in [0.05, 0.1) is 24.3 Å². The number of nitrogens with zero attached hydrogens (tertiary/aromatic N) is 3. The van der Waals surface area contributed by atoms with E-state index in [4.69, 9.17) is 14.7 Å². The molecule has 0 aliphatic carbocycles. The zero-order valence-corrected chi connectivity index (χ0v) is 16.3. The molecule has 6 nitrogen and oxygen atoms in total. The molecule has 3 rings (SSSR count). The van der Waals surface area contributed by atoms with Crippen molar-refractivity contribution in [3.05, 3.63) is 34.6 Å². The van der Waals surface area contributed by atoms with Gasteiger partial charge in [-0.05, 0) is 51.0 Å². The summed E-state index contributed by atoms with van der Waals surface area (Å²) in [7, 11) is 0. The van der Waals surface area contributed by atoms with Crippen LogP contribution in [0.5, 0.6) is 0 Å². The first-order valence-corrected chi connectivity index (χ1v) is 9.21. The van der Waals surface area contributed by atoms with Crippen molar-refractivity contribution < 1.29 is 18.7 Å². The number of carbonyl (C=O) groups excluding carboxylic acids is 1. The van der Waals surface area contributed by atoms with Crippen LogP contribution in [0.25, 0.3) is 0 Å². The second kappa shape index (κ2) is 7.45. The van der Waals surface area contributed by atoms with E-state index in [2.05, 4.69) is 4.90 Å². The molecule has 1 aromatic carbocycles. The smallest absolute Gasteiger partial charge is 0.410 e. The maximum absolute atomic E-state index is 13.8. The molecule has 2 saturated heterocycles. The van der Waals surface area contributed by atoms with Gasteiger partial charge in [0, 0.05) is 26.2 Å². The number of rotatable bonds is 1. The molecule has 0 saturated carbocycles. The van der Waals surface area contributed by atoms with Crippen LogP contribution in [0.2, 0.25) is 0 Å². The van der Waals surface area contributed by atoms with Gasteiger partial charge in [0.25, 0.3) is 0 Å². The van der Waals surface area contributed by atoms with Crippen LogP contribution in [0.1, 0.15) is 43.6 Å². The molecule has 0 bridgehead atoms. The number of benzene rings is 1. The van der Waals surface area contributed by atoms with Crippen LogP contribution in [0.15, 0.2) is 12.1 Å². The highest BCUT2D eigenvalue weighted by molar-refractivity contribution is 5.68. The number of halogens is 1. The Morgan fingerprint density at radius 1 is 1.33 bits per heavy atom. The van der Waals surface area contributed by atoms with Crippen LogP contribution in [0.4, 0.5) is 9.18 Å². The minimum absolute atomic E-state index is 0.0380. The number of ether oxygens (including phenoxy) is 2. The molecule has 0 aromatic heterocycles. The summed E-state index contributed by atoms with van der Waals surface area (Å²) < 4.78 is 25.3. The Morgan fingerprint density at radius 3 is 2.74 bits per heavy atom. The van der Waals surface area contributed by atoms with Gasteiger partial charge in [0.15, 0.2) is 0 Å². The van der Waals surface area contributed by atoms with Crippen LogP contribution in [-0.4, -0.2) is 60.3 Å². The number of hydrogen-bond acceptors (Lipinski definition) is 5. The first-order valence-electron chi connectivity index (χ1n) is 9.21.